The molecule has 144 valence electrons. The summed E-state index contributed by atoms with van der Waals surface area (Å²) in [6.45, 7) is 2.81. The SMILES string of the molecule is CC(=O)N1CCc2cc(NC(=O)NCCNc3cccc(F)c3C#N)ccc21. The van der Waals surface area contributed by atoms with E-state index in [0.29, 0.717) is 24.5 Å². The lowest BCUT2D eigenvalue weighted by atomic mass is 10.1. The zero-order valence-electron chi connectivity index (χ0n) is 15.4. The van der Waals surface area contributed by atoms with Gasteiger partial charge in [-0.1, -0.05) is 6.07 Å². The Balaban J connectivity index is 1.49. The highest BCUT2D eigenvalue weighted by molar-refractivity contribution is 5.95. The van der Waals surface area contributed by atoms with Gasteiger partial charge in [0.05, 0.1) is 5.69 Å². The summed E-state index contributed by atoms with van der Waals surface area (Å²) < 4.78 is 13.5. The van der Waals surface area contributed by atoms with Crippen LogP contribution in [0.1, 0.15) is 18.1 Å². The van der Waals surface area contributed by atoms with Gasteiger partial charge in [-0.25, -0.2) is 9.18 Å². The molecule has 8 heteroatoms. The maximum absolute atomic E-state index is 13.5. The fraction of sp³-hybridized carbons (Fsp3) is 0.250. The van der Waals surface area contributed by atoms with E-state index in [1.807, 2.05) is 18.2 Å². The van der Waals surface area contributed by atoms with Crippen molar-refractivity contribution in [2.24, 2.45) is 0 Å². The number of rotatable bonds is 5. The molecule has 7 nitrogen and oxygen atoms in total. The van der Waals surface area contributed by atoms with Crippen molar-refractivity contribution in [2.45, 2.75) is 13.3 Å². The Morgan fingerprint density at radius 1 is 1.25 bits per heavy atom. The van der Waals surface area contributed by atoms with E-state index in [1.54, 1.807) is 17.0 Å². The minimum Gasteiger partial charge on any atom is -0.382 e. The van der Waals surface area contributed by atoms with Gasteiger partial charge in [-0.05, 0) is 42.3 Å². The first-order chi connectivity index (χ1) is 13.5. The zero-order chi connectivity index (χ0) is 20.1. The molecular weight excluding hydrogens is 361 g/mol. The third kappa shape index (κ3) is 4.20. The molecule has 0 atom stereocenters. The van der Waals surface area contributed by atoms with Crippen molar-refractivity contribution < 1.29 is 14.0 Å². The number of carbonyl (C=O) groups is 2. The molecule has 0 unspecified atom stereocenters. The monoisotopic (exact) mass is 381 g/mol. The average molecular weight is 381 g/mol. The van der Waals surface area contributed by atoms with Crippen LogP contribution in [0.2, 0.25) is 0 Å². The van der Waals surface area contributed by atoms with E-state index < -0.39 is 5.82 Å². The van der Waals surface area contributed by atoms with Crippen LogP contribution in [-0.2, 0) is 11.2 Å². The van der Waals surface area contributed by atoms with E-state index >= 15 is 0 Å². The van der Waals surface area contributed by atoms with E-state index in [0.717, 1.165) is 17.7 Å². The second kappa shape index (κ2) is 8.39. The predicted octanol–water partition coefficient (Wildman–Crippen LogP) is 2.84. The van der Waals surface area contributed by atoms with Gasteiger partial charge in [0.15, 0.2) is 0 Å². The van der Waals surface area contributed by atoms with Gasteiger partial charge in [-0.3, -0.25) is 4.79 Å². The number of nitriles is 1. The van der Waals surface area contributed by atoms with Gasteiger partial charge in [0.25, 0.3) is 0 Å². The molecule has 0 aliphatic carbocycles. The molecule has 1 aliphatic rings. The second-order valence-electron chi connectivity index (χ2n) is 6.35. The predicted molar refractivity (Wildman–Crippen MR) is 105 cm³/mol. The highest BCUT2D eigenvalue weighted by atomic mass is 19.1. The fourth-order valence-electron chi connectivity index (χ4n) is 3.14. The fourth-order valence-corrected chi connectivity index (χ4v) is 3.14. The largest absolute Gasteiger partial charge is 0.382 e. The van der Waals surface area contributed by atoms with E-state index in [-0.39, 0.29) is 24.0 Å². The van der Waals surface area contributed by atoms with Crippen molar-refractivity contribution in [1.82, 2.24) is 5.32 Å². The summed E-state index contributed by atoms with van der Waals surface area (Å²) in [5.74, 6) is -0.583. The Hall–Kier alpha value is -3.60. The maximum Gasteiger partial charge on any atom is 0.319 e. The van der Waals surface area contributed by atoms with Crippen molar-refractivity contribution in [3.63, 3.8) is 0 Å². The number of hydrogen-bond donors (Lipinski definition) is 3. The molecule has 0 aromatic heterocycles. The molecule has 0 spiro atoms. The number of halogens is 1. The summed E-state index contributed by atoms with van der Waals surface area (Å²) in [6.07, 6.45) is 0.755. The van der Waals surface area contributed by atoms with Crippen LogP contribution in [0.15, 0.2) is 36.4 Å². The average Bonchev–Trinajstić information content (AvgIpc) is 3.09. The molecule has 1 aliphatic heterocycles. The molecule has 0 radical (unpaired) electrons. The number of anilines is 3. The summed E-state index contributed by atoms with van der Waals surface area (Å²) in [5.41, 5.74) is 2.88. The first-order valence-electron chi connectivity index (χ1n) is 8.88. The van der Waals surface area contributed by atoms with Gasteiger partial charge in [0, 0.05) is 37.9 Å². The van der Waals surface area contributed by atoms with Crippen LogP contribution in [0, 0.1) is 17.1 Å². The van der Waals surface area contributed by atoms with Crippen molar-refractivity contribution in [1.29, 1.82) is 5.26 Å². The number of benzene rings is 2. The maximum atomic E-state index is 13.5. The molecular formula is C20H20FN5O2. The van der Waals surface area contributed by atoms with Crippen LogP contribution in [0.4, 0.5) is 26.2 Å². The molecule has 3 N–H and O–H groups in total. The van der Waals surface area contributed by atoms with Crippen molar-refractivity contribution in [3.8, 4) is 6.07 Å². The number of amides is 3. The normalized spacial score (nSPS) is 12.1. The lowest BCUT2D eigenvalue weighted by Crippen LogP contribution is -2.32. The Kier molecular flexibility index (Phi) is 5.75. The number of hydrogen-bond acceptors (Lipinski definition) is 4. The molecule has 28 heavy (non-hydrogen) atoms. The van der Waals surface area contributed by atoms with E-state index in [1.165, 1.54) is 19.1 Å². The Bertz CT molecular complexity index is 954. The minimum atomic E-state index is -0.585. The minimum absolute atomic E-state index is 0.00237. The van der Waals surface area contributed by atoms with Crippen LogP contribution in [0.5, 0.6) is 0 Å². The molecule has 3 rings (SSSR count). The first-order valence-corrected chi connectivity index (χ1v) is 8.88. The lowest BCUT2D eigenvalue weighted by molar-refractivity contribution is -0.116. The first kappa shape index (κ1) is 19.2. The van der Waals surface area contributed by atoms with Crippen LogP contribution >= 0.6 is 0 Å². The number of nitrogens with zero attached hydrogens (tertiary/aromatic N) is 2. The Morgan fingerprint density at radius 3 is 2.82 bits per heavy atom. The van der Waals surface area contributed by atoms with Crippen molar-refractivity contribution in [2.75, 3.05) is 35.2 Å². The molecule has 0 fully saturated rings. The molecule has 2 aromatic carbocycles. The van der Waals surface area contributed by atoms with E-state index in [2.05, 4.69) is 16.0 Å². The topological polar surface area (TPSA) is 97.3 Å². The van der Waals surface area contributed by atoms with Crippen LogP contribution in [0.25, 0.3) is 0 Å². The summed E-state index contributed by atoms with van der Waals surface area (Å²) in [5, 5.41) is 17.4. The smallest absolute Gasteiger partial charge is 0.319 e. The number of nitrogens with one attached hydrogen (secondary N) is 3. The Labute approximate surface area is 162 Å². The second-order valence-corrected chi connectivity index (χ2v) is 6.35. The third-order valence-electron chi connectivity index (χ3n) is 4.46. The van der Waals surface area contributed by atoms with Gasteiger partial charge < -0.3 is 20.9 Å². The molecule has 0 saturated heterocycles. The van der Waals surface area contributed by atoms with E-state index in [9.17, 15) is 14.0 Å². The molecule has 2 aromatic rings. The summed E-state index contributed by atoms with van der Waals surface area (Å²) in [7, 11) is 0. The van der Waals surface area contributed by atoms with Crippen LogP contribution in [0.3, 0.4) is 0 Å². The molecule has 3 amide bonds. The van der Waals surface area contributed by atoms with Crippen LogP contribution in [-0.4, -0.2) is 31.6 Å². The van der Waals surface area contributed by atoms with E-state index in [4.69, 9.17) is 5.26 Å². The van der Waals surface area contributed by atoms with Crippen LogP contribution < -0.4 is 20.9 Å². The molecule has 0 bridgehead atoms. The van der Waals surface area contributed by atoms with Gasteiger partial charge in [0.2, 0.25) is 5.91 Å². The molecule has 0 saturated carbocycles. The summed E-state index contributed by atoms with van der Waals surface area (Å²) in [6, 6.07) is 11.2. The van der Waals surface area contributed by atoms with Gasteiger partial charge >= 0.3 is 6.03 Å². The summed E-state index contributed by atoms with van der Waals surface area (Å²) >= 11 is 0. The molecule has 1 heterocycles. The van der Waals surface area contributed by atoms with Crippen molar-refractivity contribution in [3.05, 3.63) is 53.3 Å². The van der Waals surface area contributed by atoms with Crippen molar-refractivity contribution >= 4 is 29.0 Å². The van der Waals surface area contributed by atoms with Gasteiger partial charge in [-0.15, -0.1) is 0 Å². The highest BCUT2D eigenvalue weighted by Gasteiger charge is 2.22. The number of fused-ring (bicyclic) bond motifs is 1. The van der Waals surface area contributed by atoms with Gasteiger partial charge in [0.1, 0.15) is 17.4 Å². The zero-order valence-corrected chi connectivity index (χ0v) is 15.4. The number of urea groups is 1. The van der Waals surface area contributed by atoms with Gasteiger partial charge in [-0.2, -0.15) is 5.26 Å². The number of carbonyl (C=O) groups excluding carboxylic acids is 2. The summed E-state index contributed by atoms with van der Waals surface area (Å²) in [4.78, 5) is 25.3. The third-order valence-corrected chi connectivity index (χ3v) is 4.46. The lowest BCUT2D eigenvalue weighted by Gasteiger charge is -2.15. The standard InChI is InChI=1S/C20H20FN5O2/c1-13(27)26-10-7-14-11-15(5-6-19(14)26)25-20(28)24-9-8-23-18-4-2-3-17(21)16(18)12-22/h2-6,11,23H,7-10H2,1H3,(H2,24,25,28). The Morgan fingerprint density at radius 2 is 2.07 bits per heavy atom. The highest BCUT2D eigenvalue weighted by Crippen LogP contribution is 2.30. The quantitative estimate of drug-likeness (QED) is 0.694.